The summed E-state index contributed by atoms with van der Waals surface area (Å²) in [6.07, 6.45) is 2.22. The number of carbonyl (C=O) groups excluding carboxylic acids is 1. The van der Waals surface area contributed by atoms with Gasteiger partial charge in [0, 0.05) is 23.4 Å². The van der Waals surface area contributed by atoms with Gasteiger partial charge in [-0.25, -0.2) is 0 Å². The van der Waals surface area contributed by atoms with Crippen molar-refractivity contribution in [1.82, 2.24) is 5.32 Å². The lowest BCUT2D eigenvalue weighted by Crippen LogP contribution is -2.29. The zero-order valence-corrected chi connectivity index (χ0v) is 12.4. The van der Waals surface area contributed by atoms with Crippen LogP contribution in [0.3, 0.4) is 0 Å². The molecule has 1 aromatic carbocycles. The molecule has 5 heteroatoms. The van der Waals surface area contributed by atoms with Gasteiger partial charge in [-0.2, -0.15) is 0 Å². The summed E-state index contributed by atoms with van der Waals surface area (Å²) in [5.41, 5.74) is 0.811. The van der Waals surface area contributed by atoms with Gasteiger partial charge < -0.3 is 15.4 Å². The van der Waals surface area contributed by atoms with E-state index < -0.39 is 0 Å². The Labute approximate surface area is 122 Å². The van der Waals surface area contributed by atoms with Gasteiger partial charge in [0.2, 0.25) is 5.91 Å². The van der Waals surface area contributed by atoms with Crippen LogP contribution in [0.2, 0.25) is 0 Å². The van der Waals surface area contributed by atoms with Crippen molar-refractivity contribution in [2.75, 3.05) is 31.6 Å². The fourth-order valence-corrected chi connectivity index (χ4v) is 2.49. The lowest BCUT2D eigenvalue weighted by Gasteiger charge is -2.09. The lowest BCUT2D eigenvalue weighted by molar-refractivity contribution is -0.115. The largest absolute Gasteiger partial charge is 0.381 e. The van der Waals surface area contributed by atoms with Gasteiger partial charge in [-0.3, -0.25) is 4.79 Å². The molecule has 2 N–H and O–H groups in total. The Morgan fingerprint density at radius 1 is 1.47 bits per heavy atom. The summed E-state index contributed by atoms with van der Waals surface area (Å²) in [6, 6.07) is 7.58. The van der Waals surface area contributed by atoms with Crippen LogP contribution in [0.15, 0.2) is 28.7 Å². The van der Waals surface area contributed by atoms with Crippen LogP contribution in [0, 0.1) is 5.92 Å². The van der Waals surface area contributed by atoms with E-state index in [1.807, 2.05) is 24.3 Å². The summed E-state index contributed by atoms with van der Waals surface area (Å²) >= 11 is 3.37. The zero-order valence-electron chi connectivity index (χ0n) is 10.8. The minimum Gasteiger partial charge on any atom is -0.381 e. The first-order valence-corrected chi connectivity index (χ1v) is 7.37. The van der Waals surface area contributed by atoms with Crippen LogP contribution >= 0.6 is 15.9 Å². The second kappa shape index (κ2) is 7.62. The van der Waals surface area contributed by atoms with E-state index >= 15 is 0 Å². The van der Waals surface area contributed by atoms with E-state index in [2.05, 4.69) is 26.6 Å². The third-order valence-electron chi connectivity index (χ3n) is 3.15. The van der Waals surface area contributed by atoms with Crippen molar-refractivity contribution in [2.24, 2.45) is 5.92 Å². The van der Waals surface area contributed by atoms with E-state index in [0.29, 0.717) is 12.5 Å². The number of amides is 1. The number of anilines is 1. The first kappa shape index (κ1) is 14.5. The number of hydrogen-bond donors (Lipinski definition) is 2. The van der Waals surface area contributed by atoms with Gasteiger partial charge in [0.15, 0.2) is 0 Å². The topological polar surface area (TPSA) is 50.4 Å². The van der Waals surface area contributed by atoms with E-state index in [0.717, 1.165) is 42.8 Å². The molecule has 1 saturated heterocycles. The molecule has 0 radical (unpaired) electrons. The average Bonchev–Trinajstić information content (AvgIpc) is 2.88. The van der Waals surface area contributed by atoms with Crippen molar-refractivity contribution in [2.45, 2.75) is 12.8 Å². The number of ether oxygens (including phenoxy) is 1. The highest BCUT2D eigenvalue weighted by molar-refractivity contribution is 9.10. The van der Waals surface area contributed by atoms with E-state index in [9.17, 15) is 4.79 Å². The minimum atomic E-state index is -0.0132. The molecule has 0 spiro atoms. The highest BCUT2D eigenvalue weighted by atomic mass is 79.9. The molecule has 1 fully saturated rings. The van der Waals surface area contributed by atoms with Crippen molar-refractivity contribution in [3.05, 3.63) is 28.7 Å². The summed E-state index contributed by atoms with van der Waals surface area (Å²) in [5, 5.41) is 6.02. The van der Waals surface area contributed by atoms with Gasteiger partial charge in [0.1, 0.15) is 0 Å². The van der Waals surface area contributed by atoms with Gasteiger partial charge in [0.05, 0.1) is 6.54 Å². The van der Waals surface area contributed by atoms with Crippen molar-refractivity contribution >= 4 is 27.5 Å². The second-order valence-electron chi connectivity index (χ2n) is 4.75. The van der Waals surface area contributed by atoms with E-state index in [1.54, 1.807) is 0 Å². The third kappa shape index (κ3) is 5.30. The molecule has 0 saturated carbocycles. The SMILES string of the molecule is O=C(CNCCC1CCOC1)Nc1cccc(Br)c1. The molecule has 1 aliphatic rings. The second-order valence-corrected chi connectivity index (χ2v) is 5.67. The van der Waals surface area contributed by atoms with Gasteiger partial charge >= 0.3 is 0 Å². The van der Waals surface area contributed by atoms with Crippen LogP contribution in [0.1, 0.15) is 12.8 Å². The number of hydrogen-bond acceptors (Lipinski definition) is 3. The number of halogens is 1. The van der Waals surface area contributed by atoms with Crippen LogP contribution < -0.4 is 10.6 Å². The molecule has 1 heterocycles. The maximum atomic E-state index is 11.7. The Bertz CT molecular complexity index is 420. The molecule has 1 atom stereocenters. The Balaban J connectivity index is 1.61. The lowest BCUT2D eigenvalue weighted by atomic mass is 10.1. The quantitative estimate of drug-likeness (QED) is 0.789. The van der Waals surface area contributed by atoms with Gasteiger partial charge in [0.25, 0.3) is 0 Å². The number of benzene rings is 1. The summed E-state index contributed by atoms with van der Waals surface area (Å²) in [6.45, 7) is 2.96. The molecule has 1 aliphatic heterocycles. The summed E-state index contributed by atoms with van der Waals surface area (Å²) < 4.78 is 6.27. The normalized spacial score (nSPS) is 18.5. The molecule has 0 aliphatic carbocycles. The standard InChI is InChI=1S/C14H19BrN2O2/c15-12-2-1-3-13(8-12)17-14(18)9-16-6-4-11-5-7-19-10-11/h1-3,8,11,16H,4-7,9-10H2,(H,17,18). The minimum absolute atomic E-state index is 0.0132. The Morgan fingerprint density at radius 2 is 2.37 bits per heavy atom. The van der Waals surface area contributed by atoms with E-state index in [-0.39, 0.29) is 5.91 Å². The third-order valence-corrected chi connectivity index (χ3v) is 3.64. The van der Waals surface area contributed by atoms with Crippen LogP contribution in [-0.4, -0.2) is 32.2 Å². The highest BCUT2D eigenvalue weighted by Gasteiger charge is 2.14. The van der Waals surface area contributed by atoms with E-state index in [4.69, 9.17) is 4.74 Å². The summed E-state index contributed by atoms with van der Waals surface area (Å²) in [5.74, 6) is 0.640. The molecular formula is C14H19BrN2O2. The summed E-state index contributed by atoms with van der Waals surface area (Å²) in [4.78, 5) is 11.7. The molecule has 1 amide bonds. The monoisotopic (exact) mass is 326 g/mol. The average molecular weight is 327 g/mol. The fraction of sp³-hybridized carbons (Fsp3) is 0.500. The predicted molar refractivity (Wildman–Crippen MR) is 79.2 cm³/mol. The number of nitrogens with one attached hydrogen (secondary N) is 2. The van der Waals surface area contributed by atoms with Gasteiger partial charge in [-0.05, 0) is 43.5 Å². The van der Waals surface area contributed by atoms with Crippen LogP contribution in [0.4, 0.5) is 5.69 Å². The molecular weight excluding hydrogens is 308 g/mol. The van der Waals surface area contributed by atoms with Gasteiger partial charge in [-0.1, -0.05) is 22.0 Å². The molecule has 0 bridgehead atoms. The Kier molecular flexibility index (Phi) is 5.82. The summed E-state index contributed by atoms with van der Waals surface area (Å²) in [7, 11) is 0. The van der Waals surface area contributed by atoms with Gasteiger partial charge in [-0.15, -0.1) is 0 Å². The smallest absolute Gasteiger partial charge is 0.238 e. The molecule has 19 heavy (non-hydrogen) atoms. The van der Waals surface area contributed by atoms with Crippen molar-refractivity contribution in [3.63, 3.8) is 0 Å². The number of rotatable bonds is 6. The predicted octanol–water partition coefficient (Wildman–Crippen LogP) is 2.40. The Hall–Kier alpha value is -0.910. The van der Waals surface area contributed by atoms with Crippen molar-refractivity contribution < 1.29 is 9.53 Å². The molecule has 104 valence electrons. The van der Waals surface area contributed by atoms with Crippen LogP contribution in [0.25, 0.3) is 0 Å². The maximum absolute atomic E-state index is 11.7. The van der Waals surface area contributed by atoms with Crippen molar-refractivity contribution in [1.29, 1.82) is 0 Å². The molecule has 0 aromatic heterocycles. The molecule has 4 nitrogen and oxygen atoms in total. The molecule has 1 aromatic rings. The van der Waals surface area contributed by atoms with Crippen LogP contribution in [0.5, 0.6) is 0 Å². The van der Waals surface area contributed by atoms with E-state index in [1.165, 1.54) is 0 Å². The molecule has 1 unspecified atom stereocenters. The zero-order chi connectivity index (χ0) is 13.5. The highest BCUT2D eigenvalue weighted by Crippen LogP contribution is 2.16. The first-order chi connectivity index (χ1) is 9.24. The fourth-order valence-electron chi connectivity index (χ4n) is 2.09. The van der Waals surface area contributed by atoms with Crippen molar-refractivity contribution in [3.8, 4) is 0 Å². The Morgan fingerprint density at radius 3 is 3.11 bits per heavy atom. The first-order valence-electron chi connectivity index (χ1n) is 6.58. The van der Waals surface area contributed by atoms with Crippen LogP contribution in [-0.2, 0) is 9.53 Å². The molecule has 2 rings (SSSR count). The maximum Gasteiger partial charge on any atom is 0.238 e. The number of carbonyl (C=O) groups is 1.